The Balaban J connectivity index is 1.94. The number of halogens is 3. The maximum atomic E-state index is 12.4. The molecule has 0 spiro atoms. The van der Waals surface area contributed by atoms with Crippen molar-refractivity contribution in [1.82, 2.24) is 0 Å². The van der Waals surface area contributed by atoms with E-state index in [0.717, 1.165) is 25.7 Å². The molecule has 0 amide bonds. The van der Waals surface area contributed by atoms with Crippen LogP contribution < -0.4 is 0 Å². The lowest BCUT2D eigenvalue weighted by Gasteiger charge is -2.18. The Bertz CT molecular complexity index is 721. The van der Waals surface area contributed by atoms with E-state index in [-0.39, 0.29) is 52.9 Å². The predicted molar refractivity (Wildman–Crippen MR) is 95.2 cm³/mol. The highest BCUT2D eigenvalue weighted by Gasteiger charge is 2.37. The summed E-state index contributed by atoms with van der Waals surface area (Å²) in [6, 6.07) is 5.07. The van der Waals surface area contributed by atoms with Crippen molar-refractivity contribution in [3.05, 3.63) is 41.2 Å². The first-order valence-electron chi connectivity index (χ1n) is 8.56. The highest BCUT2D eigenvalue weighted by molar-refractivity contribution is 8.00. The molecule has 0 N–H and O–H groups in total. The van der Waals surface area contributed by atoms with E-state index >= 15 is 0 Å². The van der Waals surface area contributed by atoms with Gasteiger partial charge in [-0.05, 0) is 36.7 Å². The second-order valence-electron chi connectivity index (χ2n) is 6.87. The van der Waals surface area contributed by atoms with Crippen molar-refractivity contribution in [2.45, 2.75) is 55.0 Å². The smallest absolute Gasteiger partial charge is 0.446 e. The molecule has 1 aliphatic carbocycles. The summed E-state index contributed by atoms with van der Waals surface area (Å²) >= 11 is -0.255. The third-order valence-corrected chi connectivity index (χ3v) is 5.17. The number of hydrogen-bond acceptors (Lipinski definition) is 4. The van der Waals surface area contributed by atoms with Crippen LogP contribution in [0.4, 0.5) is 13.2 Å². The fraction of sp³-hybridized carbons (Fsp3) is 0.526. The third kappa shape index (κ3) is 6.58. The minimum Gasteiger partial charge on any atom is -0.457 e. The second-order valence-corrected chi connectivity index (χ2v) is 8.01. The average molecular weight is 399 g/mol. The van der Waals surface area contributed by atoms with Gasteiger partial charge in [-0.3, -0.25) is 9.59 Å². The Labute approximate surface area is 160 Å². The van der Waals surface area contributed by atoms with Gasteiger partial charge in [-0.1, -0.05) is 25.0 Å². The minimum atomic E-state index is -4.39. The maximum absolute atomic E-state index is 12.4. The summed E-state index contributed by atoms with van der Waals surface area (Å²) in [5.41, 5.74) is -5.37. The SMILES string of the molecule is [C-]#[N+]C(C)(COC(=O)C1CCCC1)CC(=O)c1ccc(SC(F)(F)F)cc1. The van der Waals surface area contributed by atoms with Crippen LogP contribution >= 0.6 is 11.8 Å². The summed E-state index contributed by atoms with van der Waals surface area (Å²) in [6.45, 7) is 8.71. The summed E-state index contributed by atoms with van der Waals surface area (Å²) in [6.07, 6.45) is 3.37. The number of ketones is 1. The molecule has 146 valence electrons. The van der Waals surface area contributed by atoms with Crippen molar-refractivity contribution in [3.63, 3.8) is 0 Å². The number of Topliss-reactive ketones (excluding diaryl/α,β-unsaturated/α-hetero) is 1. The number of esters is 1. The molecule has 1 aromatic carbocycles. The van der Waals surface area contributed by atoms with Crippen LogP contribution in [0.5, 0.6) is 0 Å². The standard InChI is InChI=1S/C19H20F3NO3S/c1-18(23-2,12-26-17(25)14-5-3-4-6-14)11-16(24)13-7-9-15(10-8-13)27-19(20,21)22/h7-10,14H,3-6,11-12H2,1H3. The van der Waals surface area contributed by atoms with Crippen LogP contribution in [0.15, 0.2) is 29.2 Å². The van der Waals surface area contributed by atoms with Gasteiger partial charge in [0.25, 0.3) is 5.54 Å². The summed E-state index contributed by atoms with van der Waals surface area (Å²) in [7, 11) is 0. The van der Waals surface area contributed by atoms with Gasteiger partial charge in [0.2, 0.25) is 0 Å². The van der Waals surface area contributed by atoms with E-state index in [0.29, 0.717) is 0 Å². The van der Waals surface area contributed by atoms with Crippen molar-refractivity contribution in [2.75, 3.05) is 6.61 Å². The van der Waals surface area contributed by atoms with Gasteiger partial charge in [0.05, 0.1) is 12.3 Å². The fourth-order valence-corrected chi connectivity index (χ4v) is 3.46. The Kier molecular flexibility index (Phi) is 6.93. The summed E-state index contributed by atoms with van der Waals surface area (Å²) in [4.78, 5) is 27.8. The normalized spacial score (nSPS) is 17.1. The lowest BCUT2D eigenvalue weighted by molar-refractivity contribution is -0.149. The molecule has 1 aliphatic rings. The van der Waals surface area contributed by atoms with Crippen LogP contribution in [0.25, 0.3) is 4.85 Å². The number of thioether (sulfide) groups is 1. The zero-order chi connectivity index (χ0) is 20.1. The second kappa shape index (κ2) is 8.79. The van der Waals surface area contributed by atoms with Crippen molar-refractivity contribution in [3.8, 4) is 0 Å². The van der Waals surface area contributed by atoms with E-state index in [1.165, 1.54) is 31.2 Å². The Morgan fingerprint density at radius 2 is 1.81 bits per heavy atom. The molecule has 4 nitrogen and oxygen atoms in total. The molecule has 2 rings (SSSR count). The molecule has 1 unspecified atom stereocenters. The molecule has 1 aromatic rings. The molecule has 1 saturated carbocycles. The molecule has 1 atom stereocenters. The first kappa shape index (κ1) is 21.3. The molecule has 0 radical (unpaired) electrons. The van der Waals surface area contributed by atoms with Crippen LogP contribution in [0.2, 0.25) is 0 Å². The van der Waals surface area contributed by atoms with Crippen molar-refractivity contribution >= 4 is 23.5 Å². The van der Waals surface area contributed by atoms with Gasteiger partial charge in [0, 0.05) is 17.4 Å². The number of carbonyl (C=O) groups is 2. The zero-order valence-corrected chi connectivity index (χ0v) is 15.7. The molecular weight excluding hydrogens is 379 g/mol. The van der Waals surface area contributed by atoms with Crippen molar-refractivity contribution in [2.24, 2.45) is 5.92 Å². The van der Waals surface area contributed by atoms with E-state index in [2.05, 4.69) is 4.85 Å². The molecule has 8 heteroatoms. The first-order chi connectivity index (χ1) is 12.6. The number of ether oxygens (including phenoxy) is 1. The van der Waals surface area contributed by atoms with Gasteiger partial charge in [-0.2, -0.15) is 13.2 Å². The molecule has 0 aliphatic heterocycles. The van der Waals surface area contributed by atoms with Gasteiger partial charge in [0.1, 0.15) is 0 Å². The number of carbonyl (C=O) groups excluding carboxylic acids is 2. The quantitative estimate of drug-likeness (QED) is 0.271. The Morgan fingerprint density at radius 3 is 2.33 bits per heavy atom. The van der Waals surface area contributed by atoms with E-state index in [9.17, 15) is 22.8 Å². The molecule has 0 aromatic heterocycles. The first-order valence-corrected chi connectivity index (χ1v) is 9.38. The summed E-state index contributed by atoms with van der Waals surface area (Å²) in [5, 5.41) is 0. The van der Waals surface area contributed by atoms with Crippen LogP contribution in [0.3, 0.4) is 0 Å². The number of hydrogen-bond donors (Lipinski definition) is 0. The summed E-state index contributed by atoms with van der Waals surface area (Å²) < 4.78 is 42.3. The molecular formula is C19H20F3NO3S. The summed E-state index contributed by atoms with van der Waals surface area (Å²) in [5.74, 6) is -0.841. The van der Waals surface area contributed by atoms with Gasteiger partial charge in [-0.25, -0.2) is 6.57 Å². The maximum Gasteiger partial charge on any atom is 0.446 e. The zero-order valence-electron chi connectivity index (χ0n) is 14.8. The number of nitrogens with zero attached hydrogens (tertiary/aromatic N) is 1. The highest BCUT2D eigenvalue weighted by atomic mass is 32.2. The molecule has 27 heavy (non-hydrogen) atoms. The van der Waals surface area contributed by atoms with Gasteiger partial charge in [-0.15, -0.1) is 0 Å². The fourth-order valence-electron chi connectivity index (χ4n) is 2.92. The van der Waals surface area contributed by atoms with Gasteiger partial charge < -0.3 is 9.58 Å². The Hall–Kier alpha value is -2.01. The number of rotatable bonds is 7. The van der Waals surface area contributed by atoms with E-state index in [1.807, 2.05) is 0 Å². The lowest BCUT2D eigenvalue weighted by atomic mass is 9.94. The third-order valence-electron chi connectivity index (χ3n) is 4.44. The van der Waals surface area contributed by atoms with E-state index in [1.54, 1.807) is 0 Å². The predicted octanol–water partition coefficient (Wildman–Crippen LogP) is 5.28. The van der Waals surface area contributed by atoms with Crippen LogP contribution in [-0.4, -0.2) is 29.4 Å². The van der Waals surface area contributed by atoms with Gasteiger partial charge >= 0.3 is 11.5 Å². The van der Waals surface area contributed by atoms with E-state index in [4.69, 9.17) is 11.3 Å². The van der Waals surface area contributed by atoms with Crippen LogP contribution in [0.1, 0.15) is 49.4 Å². The number of alkyl halides is 3. The van der Waals surface area contributed by atoms with E-state index < -0.39 is 11.0 Å². The lowest BCUT2D eigenvalue weighted by Crippen LogP contribution is -2.32. The number of benzene rings is 1. The Morgan fingerprint density at radius 1 is 1.22 bits per heavy atom. The molecule has 1 fully saturated rings. The molecule has 0 bridgehead atoms. The minimum absolute atomic E-state index is 0.0162. The van der Waals surface area contributed by atoms with Crippen LogP contribution in [-0.2, 0) is 9.53 Å². The average Bonchev–Trinajstić information content (AvgIpc) is 3.13. The van der Waals surface area contributed by atoms with Crippen molar-refractivity contribution < 1.29 is 27.5 Å². The van der Waals surface area contributed by atoms with Crippen molar-refractivity contribution in [1.29, 1.82) is 0 Å². The molecule has 0 saturated heterocycles. The largest absolute Gasteiger partial charge is 0.457 e. The monoisotopic (exact) mass is 399 g/mol. The molecule has 0 heterocycles. The highest BCUT2D eigenvalue weighted by Crippen LogP contribution is 2.36. The topological polar surface area (TPSA) is 47.7 Å². The van der Waals surface area contributed by atoms with Gasteiger partial charge in [0.15, 0.2) is 12.4 Å². The van der Waals surface area contributed by atoms with Crippen LogP contribution in [0, 0.1) is 12.5 Å².